The Morgan fingerprint density at radius 2 is 1.62 bits per heavy atom. The number of amides is 1. The third-order valence-corrected chi connectivity index (χ3v) is 6.77. The van der Waals surface area contributed by atoms with E-state index < -0.39 is 10.0 Å². The maximum Gasteiger partial charge on any atom is 0.250 e. The van der Waals surface area contributed by atoms with Gasteiger partial charge in [-0.25, -0.2) is 13.1 Å². The molecule has 0 atom stereocenters. The maximum atomic E-state index is 12.7. The van der Waals surface area contributed by atoms with Gasteiger partial charge in [-0.1, -0.05) is 35.9 Å². The molecule has 32 heavy (non-hydrogen) atoms. The van der Waals surface area contributed by atoms with E-state index in [-0.39, 0.29) is 29.3 Å². The fourth-order valence-corrected chi connectivity index (χ4v) is 5.15. The fraction of sp³-hybridized carbons (Fsp3) is 0.250. The normalized spacial score (nSPS) is 11.3. The molecule has 2 aromatic carbocycles. The molecule has 0 unspecified atom stereocenters. The first kappa shape index (κ1) is 23.4. The van der Waals surface area contributed by atoms with Gasteiger partial charge in [0.2, 0.25) is 15.9 Å². The molecule has 1 aromatic heterocycles. The standard InChI is InChI=1S/C24H27N3O4S/c1-17-14-18(2)24(19(3)15-17)32(30,31)25-12-11-22(28)26-21-9-7-20(8-10-21)16-27-13-5-4-6-23(27)29/h4-10,13-15,25H,11-12,16H2,1-3H3,(H,26,28). The van der Waals surface area contributed by atoms with Gasteiger partial charge in [0, 0.05) is 30.9 Å². The lowest BCUT2D eigenvalue weighted by atomic mass is 10.1. The minimum Gasteiger partial charge on any atom is -0.326 e. The van der Waals surface area contributed by atoms with Crippen molar-refractivity contribution < 1.29 is 13.2 Å². The number of aryl methyl sites for hydroxylation is 3. The first-order valence-electron chi connectivity index (χ1n) is 10.3. The molecule has 1 heterocycles. The quantitative estimate of drug-likeness (QED) is 0.548. The molecule has 0 aliphatic rings. The molecule has 1 amide bonds. The average molecular weight is 454 g/mol. The summed E-state index contributed by atoms with van der Waals surface area (Å²) >= 11 is 0. The predicted molar refractivity (Wildman–Crippen MR) is 125 cm³/mol. The summed E-state index contributed by atoms with van der Waals surface area (Å²) in [6.07, 6.45) is 1.73. The van der Waals surface area contributed by atoms with Crippen molar-refractivity contribution in [2.75, 3.05) is 11.9 Å². The molecule has 7 nitrogen and oxygen atoms in total. The van der Waals surface area contributed by atoms with Crippen LogP contribution in [-0.2, 0) is 21.4 Å². The van der Waals surface area contributed by atoms with Crippen LogP contribution in [0.25, 0.3) is 0 Å². The third kappa shape index (κ3) is 5.93. The summed E-state index contributed by atoms with van der Waals surface area (Å²) in [4.78, 5) is 24.3. The molecule has 3 aromatic rings. The van der Waals surface area contributed by atoms with Gasteiger partial charge < -0.3 is 9.88 Å². The maximum absolute atomic E-state index is 12.7. The van der Waals surface area contributed by atoms with Crippen molar-refractivity contribution in [3.05, 3.63) is 93.4 Å². The van der Waals surface area contributed by atoms with E-state index in [0.29, 0.717) is 23.4 Å². The molecule has 0 aliphatic heterocycles. The molecule has 2 N–H and O–H groups in total. The van der Waals surface area contributed by atoms with Gasteiger partial charge in [-0.3, -0.25) is 9.59 Å². The molecule has 8 heteroatoms. The number of pyridine rings is 1. The highest BCUT2D eigenvalue weighted by Gasteiger charge is 2.19. The van der Waals surface area contributed by atoms with E-state index in [1.807, 2.05) is 31.2 Å². The zero-order valence-corrected chi connectivity index (χ0v) is 19.2. The van der Waals surface area contributed by atoms with Crippen LogP contribution in [0.1, 0.15) is 28.7 Å². The van der Waals surface area contributed by atoms with Crippen LogP contribution in [0.15, 0.2) is 70.5 Å². The van der Waals surface area contributed by atoms with E-state index >= 15 is 0 Å². The van der Waals surface area contributed by atoms with Crippen LogP contribution in [-0.4, -0.2) is 25.4 Å². The summed E-state index contributed by atoms with van der Waals surface area (Å²) in [6.45, 7) is 5.88. The van der Waals surface area contributed by atoms with Crippen LogP contribution in [0.5, 0.6) is 0 Å². The Morgan fingerprint density at radius 3 is 2.25 bits per heavy atom. The van der Waals surface area contributed by atoms with E-state index in [2.05, 4.69) is 10.0 Å². The second kappa shape index (κ2) is 9.93. The van der Waals surface area contributed by atoms with Gasteiger partial charge in [-0.15, -0.1) is 0 Å². The number of anilines is 1. The topological polar surface area (TPSA) is 97.3 Å². The van der Waals surface area contributed by atoms with Crippen molar-refractivity contribution in [3.8, 4) is 0 Å². The summed E-state index contributed by atoms with van der Waals surface area (Å²) < 4.78 is 29.4. The van der Waals surface area contributed by atoms with E-state index in [1.54, 1.807) is 48.9 Å². The first-order chi connectivity index (χ1) is 15.2. The van der Waals surface area contributed by atoms with Gasteiger partial charge in [-0.05, 0) is 55.7 Å². The number of hydrogen-bond donors (Lipinski definition) is 2. The minimum atomic E-state index is -3.70. The Bertz CT molecular complexity index is 1260. The van der Waals surface area contributed by atoms with Crippen LogP contribution in [0.3, 0.4) is 0 Å². The minimum absolute atomic E-state index is 0.00404. The number of benzene rings is 2. The highest BCUT2D eigenvalue weighted by molar-refractivity contribution is 7.89. The van der Waals surface area contributed by atoms with Crippen LogP contribution in [0.2, 0.25) is 0 Å². The van der Waals surface area contributed by atoms with Gasteiger partial charge >= 0.3 is 0 Å². The van der Waals surface area contributed by atoms with Crippen LogP contribution in [0.4, 0.5) is 5.69 Å². The lowest BCUT2D eigenvalue weighted by molar-refractivity contribution is -0.116. The average Bonchev–Trinajstić information content (AvgIpc) is 2.70. The third-order valence-electron chi connectivity index (χ3n) is 5.01. The van der Waals surface area contributed by atoms with E-state index in [0.717, 1.165) is 11.1 Å². The SMILES string of the molecule is Cc1cc(C)c(S(=O)(=O)NCCC(=O)Nc2ccc(Cn3ccccc3=O)cc2)c(C)c1. The summed E-state index contributed by atoms with van der Waals surface area (Å²) in [7, 11) is -3.70. The molecule has 0 saturated heterocycles. The Balaban J connectivity index is 1.54. The van der Waals surface area contributed by atoms with Gasteiger partial charge in [0.25, 0.3) is 5.56 Å². The largest absolute Gasteiger partial charge is 0.326 e. The van der Waals surface area contributed by atoms with Gasteiger partial charge in [0.1, 0.15) is 0 Å². The first-order valence-corrected chi connectivity index (χ1v) is 11.8. The summed E-state index contributed by atoms with van der Waals surface area (Å²) in [5.74, 6) is -0.294. The zero-order valence-electron chi connectivity index (χ0n) is 18.4. The van der Waals surface area contributed by atoms with Gasteiger partial charge in [0.05, 0.1) is 11.4 Å². The predicted octanol–water partition coefficient (Wildman–Crippen LogP) is 3.13. The van der Waals surface area contributed by atoms with Gasteiger partial charge in [-0.2, -0.15) is 0 Å². The molecule has 3 rings (SSSR count). The summed E-state index contributed by atoms with van der Waals surface area (Å²) in [5.41, 5.74) is 3.80. The highest BCUT2D eigenvalue weighted by Crippen LogP contribution is 2.21. The van der Waals surface area contributed by atoms with E-state index in [9.17, 15) is 18.0 Å². The lowest BCUT2D eigenvalue weighted by Crippen LogP contribution is -2.29. The second-order valence-corrected chi connectivity index (χ2v) is 9.49. The second-order valence-electron chi connectivity index (χ2n) is 7.79. The smallest absolute Gasteiger partial charge is 0.250 e. The number of carbonyl (C=O) groups excluding carboxylic acids is 1. The van der Waals surface area contributed by atoms with Crippen molar-refractivity contribution in [2.24, 2.45) is 0 Å². The molecule has 168 valence electrons. The fourth-order valence-electron chi connectivity index (χ4n) is 3.67. The Labute approximate surface area is 188 Å². The molecule has 0 aliphatic carbocycles. The monoisotopic (exact) mass is 453 g/mol. The Hall–Kier alpha value is -3.23. The molecule has 0 fully saturated rings. The van der Waals surface area contributed by atoms with Crippen molar-refractivity contribution >= 4 is 21.6 Å². The summed E-state index contributed by atoms with van der Waals surface area (Å²) in [6, 6.07) is 15.8. The van der Waals surface area contributed by atoms with Crippen LogP contribution >= 0.6 is 0 Å². The van der Waals surface area contributed by atoms with Crippen molar-refractivity contribution in [2.45, 2.75) is 38.6 Å². The number of hydrogen-bond acceptors (Lipinski definition) is 4. The molecule has 0 bridgehead atoms. The van der Waals surface area contributed by atoms with Crippen LogP contribution < -0.4 is 15.6 Å². The van der Waals surface area contributed by atoms with Crippen molar-refractivity contribution in [1.29, 1.82) is 0 Å². The van der Waals surface area contributed by atoms with E-state index in [1.165, 1.54) is 6.07 Å². The number of nitrogens with one attached hydrogen (secondary N) is 2. The lowest BCUT2D eigenvalue weighted by Gasteiger charge is -2.13. The van der Waals surface area contributed by atoms with Crippen LogP contribution in [0, 0.1) is 20.8 Å². The Kier molecular flexibility index (Phi) is 7.27. The number of aromatic nitrogens is 1. The number of sulfonamides is 1. The molecule has 0 spiro atoms. The molecular formula is C24H27N3O4S. The van der Waals surface area contributed by atoms with Crippen molar-refractivity contribution in [3.63, 3.8) is 0 Å². The summed E-state index contributed by atoms with van der Waals surface area (Å²) in [5, 5.41) is 2.76. The highest BCUT2D eigenvalue weighted by atomic mass is 32.2. The van der Waals surface area contributed by atoms with Crippen molar-refractivity contribution in [1.82, 2.24) is 9.29 Å². The molecular weight excluding hydrogens is 426 g/mol. The molecule has 0 radical (unpaired) electrons. The number of nitrogens with zero attached hydrogens (tertiary/aromatic N) is 1. The zero-order chi connectivity index (χ0) is 23.3. The van der Waals surface area contributed by atoms with Gasteiger partial charge in [0.15, 0.2) is 0 Å². The number of rotatable bonds is 8. The Morgan fingerprint density at radius 1 is 0.969 bits per heavy atom. The van der Waals surface area contributed by atoms with E-state index in [4.69, 9.17) is 0 Å². The number of carbonyl (C=O) groups is 1. The molecule has 0 saturated carbocycles.